The van der Waals surface area contributed by atoms with Crippen molar-refractivity contribution in [2.24, 2.45) is 11.5 Å². The van der Waals surface area contributed by atoms with E-state index in [9.17, 15) is 0 Å². The minimum atomic E-state index is -0.315. The first kappa shape index (κ1) is 9.32. The summed E-state index contributed by atoms with van der Waals surface area (Å²) in [6.45, 7) is 0.309. The van der Waals surface area contributed by atoms with Crippen molar-refractivity contribution in [2.45, 2.75) is 6.04 Å². The van der Waals surface area contributed by atoms with Gasteiger partial charge in [0.25, 0.3) is 0 Å². The van der Waals surface area contributed by atoms with Gasteiger partial charge in [0.15, 0.2) is 0 Å². The number of benzene rings is 1. The number of hydrogen-bond donors (Lipinski definition) is 3. The van der Waals surface area contributed by atoms with Gasteiger partial charge in [-0.3, -0.25) is 0 Å². The Hall–Kier alpha value is -0.770. The van der Waals surface area contributed by atoms with Crippen molar-refractivity contribution in [3.8, 4) is 5.75 Å². The molecule has 0 unspecified atom stereocenters. The number of phenolic OH excluding ortho intramolecular Hbond substituents is 1. The molecular formula is C8H11ClN2O. The van der Waals surface area contributed by atoms with Gasteiger partial charge in [-0.05, 0) is 23.8 Å². The molecule has 1 aromatic carbocycles. The molecule has 0 heterocycles. The molecule has 5 N–H and O–H groups in total. The molecule has 4 heteroatoms. The Morgan fingerprint density at radius 3 is 2.75 bits per heavy atom. The predicted octanol–water partition coefficient (Wildman–Crippen LogP) is 1.00. The molecule has 1 aromatic rings. The summed E-state index contributed by atoms with van der Waals surface area (Å²) in [5, 5.41) is 9.66. The van der Waals surface area contributed by atoms with Crippen molar-refractivity contribution < 1.29 is 5.11 Å². The second-order valence-electron chi connectivity index (χ2n) is 2.55. The molecule has 0 aliphatic rings. The first-order chi connectivity index (χ1) is 5.65. The predicted molar refractivity (Wildman–Crippen MR) is 49.1 cm³/mol. The molecule has 0 radical (unpaired) electrons. The van der Waals surface area contributed by atoms with Crippen LogP contribution in [-0.2, 0) is 0 Å². The summed E-state index contributed by atoms with van der Waals surface area (Å²) < 4.78 is 0. The topological polar surface area (TPSA) is 72.3 Å². The van der Waals surface area contributed by atoms with E-state index >= 15 is 0 Å². The average Bonchev–Trinajstić information content (AvgIpc) is 2.08. The number of aromatic hydroxyl groups is 1. The largest absolute Gasteiger partial charge is 0.508 e. The maximum atomic E-state index is 9.13. The van der Waals surface area contributed by atoms with E-state index in [0.717, 1.165) is 0 Å². The van der Waals surface area contributed by atoms with E-state index < -0.39 is 0 Å². The molecule has 0 aliphatic carbocycles. The molecule has 66 valence electrons. The zero-order valence-corrected chi connectivity index (χ0v) is 7.25. The maximum Gasteiger partial charge on any atom is 0.116 e. The second kappa shape index (κ2) is 3.76. The third-order valence-corrected chi connectivity index (χ3v) is 1.98. The van der Waals surface area contributed by atoms with Crippen LogP contribution >= 0.6 is 11.6 Å². The van der Waals surface area contributed by atoms with Crippen molar-refractivity contribution >= 4 is 11.6 Å². The lowest BCUT2D eigenvalue weighted by Gasteiger charge is -2.10. The van der Waals surface area contributed by atoms with E-state index in [2.05, 4.69) is 0 Å². The fourth-order valence-electron chi connectivity index (χ4n) is 0.942. The van der Waals surface area contributed by atoms with Crippen molar-refractivity contribution in [1.82, 2.24) is 0 Å². The van der Waals surface area contributed by atoms with Crippen LogP contribution in [0.3, 0.4) is 0 Å². The lowest BCUT2D eigenvalue weighted by Crippen LogP contribution is -2.20. The molecule has 3 nitrogen and oxygen atoms in total. The fraction of sp³-hybridized carbons (Fsp3) is 0.250. The van der Waals surface area contributed by atoms with Crippen LogP contribution in [0.5, 0.6) is 5.75 Å². The third kappa shape index (κ3) is 1.88. The first-order valence-electron chi connectivity index (χ1n) is 3.59. The monoisotopic (exact) mass is 186 g/mol. The van der Waals surface area contributed by atoms with Crippen LogP contribution in [-0.4, -0.2) is 11.7 Å². The van der Waals surface area contributed by atoms with Gasteiger partial charge < -0.3 is 16.6 Å². The van der Waals surface area contributed by atoms with Gasteiger partial charge in [-0.1, -0.05) is 11.6 Å². The zero-order chi connectivity index (χ0) is 9.14. The molecule has 0 fully saturated rings. The van der Waals surface area contributed by atoms with Crippen LogP contribution < -0.4 is 11.5 Å². The van der Waals surface area contributed by atoms with Crippen molar-refractivity contribution in [1.29, 1.82) is 0 Å². The van der Waals surface area contributed by atoms with Crippen LogP contribution in [0.1, 0.15) is 11.6 Å². The summed E-state index contributed by atoms with van der Waals surface area (Å²) in [6, 6.07) is 4.32. The summed E-state index contributed by atoms with van der Waals surface area (Å²) in [4.78, 5) is 0. The van der Waals surface area contributed by atoms with Gasteiger partial charge in [0.2, 0.25) is 0 Å². The molecule has 1 rings (SSSR count). The molecule has 0 spiro atoms. The van der Waals surface area contributed by atoms with E-state index in [0.29, 0.717) is 17.1 Å². The minimum Gasteiger partial charge on any atom is -0.508 e. The Morgan fingerprint density at radius 2 is 2.17 bits per heavy atom. The summed E-state index contributed by atoms with van der Waals surface area (Å²) in [5.74, 6) is 0.151. The first-order valence-corrected chi connectivity index (χ1v) is 3.97. The standard InChI is InChI=1S/C8H11ClN2O/c9-7-2-1-5(12)3-6(7)8(11)4-10/h1-3,8,12H,4,10-11H2/t8-/m1/s1. The Bertz CT molecular complexity index is 278. The minimum absolute atomic E-state index is 0.151. The summed E-state index contributed by atoms with van der Waals surface area (Å²) >= 11 is 5.82. The van der Waals surface area contributed by atoms with E-state index in [4.69, 9.17) is 28.2 Å². The fourth-order valence-corrected chi connectivity index (χ4v) is 1.20. The molecule has 0 amide bonds. The smallest absolute Gasteiger partial charge is 0.116 e. The lowest BCUT2D eigenvalue weighted by molar-refractivity contribution is 0.473. The van der Waals surface area contributed by atoms with Crippen LogP contribution in [0.4, 0.5) is 0 Å². The van der Waals surface area contributed by atoms with Gasteiger partial charge in [0, 0.05) is 17.6 Å². The van der Waals surface area contributed by atoms with Gasteiger partial charge in [-0.25, -0.2) is 0 Å². The molecule has 0 aliphatic heterocycles. The van der Waals surface area contributed by atoms with E-state index in [1.807, 2.05) is 0 Å². The van der Waals surface area contributed by atoms with Crippen molar-refractivity contribution in [3.63, 3.8) is 0 Å². The molecule has 12 heavy (non-hydrogen) atoms. The molecular weight excluding hydrogens is 176 g/mol. The molecule has 0 bridgehead atoms. The summed E-state index contributed by atoms with van der Waals surface area (Å²) in [7, 11) is 0. The molecule has 0 saturated carbocycles. The molecule has 0 aromatic heterocycles. The average molecular weight is 187 g/mol. The number of nitrogens with two attached hydrogens (primary N) is 2. The van der Waals surface area contributed by atoms with Crippen LogP contribution in [0, 0.1) is 0 Å². The summed E-state index contributed by atoms with van der Waals surface area (Å²) in [6.07, 6.45) is 0. The highest BCUT2D eigenvalue weighted by Gasteiger charge is 2.08. The van der Waals surface area contributed by atoms with E-state index in [1.54, 1.807) is 6.07 Å². The second-order valence-corrected chi connectivity index (χ2v) is 2.96. The Kier molecular flexibility index (Phi) is 2.92. The van der Waals surface area contributed by atoms with Gasteiger partial charge in [-0.2, -0.15) is 0 Å². The van der Waals surface area contributed by atoms with Crippen LogP contribution in [0.2, 0.25) is 5.02 Å². The van der Waals surface area contributed by atoms with Gasteiger partial charge in [0.05, 0.1) is 0 Å². The highest BCUT2D eigenvalue weighted by molar-refractivity contribution is 6.31. The SMILES string of the molecule is NC[C@@H](N)c1cc(O)ccc1Cl. The number of phenols is 1. The number of halogens is 1. The summed E-state index contributed by atoms with van der Waals surface area (Å²) in [5.41, 5.74) is 11.7. The van der Waals surface area contributed by atoms with Gasteiger partial charge in [-0.15, -0.1) is 0 Å². The van der Waals surface area contributed by atoms with Gasteiger partial charge >= 0.3 is 0 Å². The van der Waals surface area contributed by atoms with Gasteiger partial charge in [0.1, 0.15) is 5.75 Å². The highest BCUT2D eigenvalue weighted by atomic mass is 35.5. The highest BCUT2D eigenvalue weighted by Crippen LogP contribution is 2.24. The van der Waals surface area contributed by atoms with Crippen molar-refractivity contribution in [3.05, 3.63) is 28.8 Å². The number of hydrogen-bond acceptors (Lipinski definition) is 3. The molecule has 0 saturated heterocycles. The van der Waals surface area contributed by atoms with E-state index in [1.165, 1.54) is 12.1 Å². The number of rotatable bonds is 2. The normalized spacial score (nSPS) is 12.9. The Balaban J connectivity index is 3.04. The quantitative estimate of drug-likeness (QED) is 0.646. The lowest BCUT2D eigenvalue weighted by atomic mass is 10.1. The van der Waals surface area contributed by atoms with Crippen LogP contribution in [0.15, 0.2) is 18.2 Å². The molecule has 1 atom stereocenters. The Labute approximate surface area is 75.9 Å². The van der Waals surface area contributed by atoms with E-state index in [-0.39, 0.29) is 11.8 Å². The Morgan fingerprint density at radius 1 is 1.50 bits per heavy atom. The zero-order valence-electron chi connectivity index (χ0n) is 6.50. The third-order valence-electron chi connectivity index (χ3n) is 1.63. The maximum absolute atomic E-state index is 9.13. The van der Waals surface area contributed by atoms with Crippen LogP contribution in [0.25, 0.3) is 0 Å². The van der Waals surface area contributed by atoms with Crippen molar-refractivity contribution in [2.75, 3.05) is 6.54 Å².